The van der Waals surface area contributed by atoms with Gasteiger partial charge in [-0.25, -0.2) is 8.78 Å². The Balaban J connectivity index is 1.19. The zero-order chi connectivity index (χ0) is 18.6. The van der Waals surface area contributed by atoms with E-state index in [1.807, 2.05) is 0 Å². The second-order valence-electron chi connectivity index (χ2n) is 8.05. The molecule has 1 saturated carbocycles. The van der Waals surface area contributed by atoms with Crippen molar-refractivity contribution in [2.45, 2.75) is 44.8 Å². The van der Waals surface area contributed by atoms with Gasteiger partial charge in [-0.3, -0.25) is 4.90 Å². The van der Waals surface area contributed by atoms with Crippen molar-refractivity contribution >= 4 is 0 Å². The zero-order valence-corrected chi connectivity index (χ0v) is 15.7. The first-order chi connectivity index (χ1) is 13.2. The molecule has 0 bridgehead atoms. The normalized spacial score (nSPS) is 22.7. The number of ether oxygens (including phenoxy) is 1. The highest BCUT2D eigenvalue weighted by molar-refractivity contribution is 5.27. The summed E-state index contributed by atoms with van der Waals surface area (Å²) >= 11 is 0. The van der Waals surface area contributed by atoms with Crippen LogP contribution in [0.2, 0.25) is 0 Å². The number of rotatable bonds is 7. The molecule has 0 atom stereocenters. The maximum atomic E-state index is 13.2. The van der Waals surface area contributed by atoms with Crippen molar-refractivity contribution in [3.63, 3.8) is 0 Å². The minimum Gasteiger partial charge on any atom is -0.376 e. The van der Waals surface area contributed by atoms with Crippen LogP contribution in [-0.2, 0) is 17.9 Å². The summed E-state index contributed by atoms with van der Waals surface area (Å²) in [6.45, 7) is 4.45. The molecule has 2 nitrogen and oxygen atoms in total. The van der Waals surface area contributed by atoms with Crippen molar-refractivity contribution in [3.8, 4) is 0 Å². The number of hydrogen-bond donors (Lipinski definition) is 0. The van der Waals surface area contributed by atoms with Crippen LogP contribution in [0.5, 0.6) is 0 Å². The average molecular weight is 371 g/mol. The fraction of sp³-hybridized carbons (Fsp3) is 0.478. The first-order valence-electron chi connectivity index (χ1n) is 9.99. The summed E-state index contributed by atoms with van der Waals surface area (Å²) in [4.78, 5) is 2.52. The van der Waals surface area contributed by atoms with Crippen molar-refractivity contribution in [1.29, 1.82) is 0 Å². The highest BCUT2D eigenvalue weighted by atomic mass is 19.1. The van der Waals surface area contributed by atoms with Gasteiger partial charge in [0.05, 0.1) is 6.61 Å². The highest BCUT2D eigenvalue weighted by Gasteiger charge is 2.30. The molecule has 4 rings (SSSR count). The topological polar surface area (TPSA) is 12.5 Å². The summed E-state index contributed by atoms with van der Waals surface area (Å²) in [6.07, 6.45) is 4.92. The van der Waals surface area contributed by atoms with Crippen LogP contribution in [0.4, 0.5) is 8.78 Å². The molecule has 2 aromatic rings. The molecule has 1 heterocycles. The smallest absolute Gasteiger partial charge is 0.126 e. The number of halogens is 2. The van der Waals surface area contributed by atoms with E-state index in [9.17, 15) is 8.78 Å². The van der Waals surface area contributed by atoms with E-state index in [0.717, 1.165) is 25.5 Å². The van der Waals surface area contributed by atoms with Gasteiger partial charge < -0.3 is 4.74 Å². The van der Waals surface area contributed by atoms with Crippen LogP contribution in [-0.4, -0.2) is 24.6 Å². The van der Waals surface area contributed by atoms with Gasteiger partial charge in [-0.1, -0.05) is 24.3 Å². The monoisotopic (exact) mass is 371 g/mol. The molecule has 4 heteroatoms. The number of benzene rings is 2. The highest BCUT2D eigenvalue weighted by Crippen LogP contribution is 2.41. The number of hydrogen-bond acceptors (Lipinski definition) is 2. The molecule has 0 N–H and O–H groups in total. The van der Waals surface area contributed by atoms with Gasteiger partial charge in [0.1, 0.15) is 11.6 Å². The predicted molar refractivity (Wildman–Crippen MR) is 102 cm³/mol. The molecule has 0 amide bonds. The van der Waals surface area contributed by atoms with E-state index in [1.54, 1.807) is 0 Å². The lowest BCUT2D eigenvalue weighted by molar-refractivity contribution is 0.0506. The quantitative estimate of drug-likeness (QED) is 0.657. The molecule has 27 heavy (non-hydrogen) atoms. The van der Waals surface area contributed by atoms with Crippen LogP contribution in [0, 0.1) is 17.6 Å². The fourth-order valence-corrected chi connectivity index (χ4v) is 4.28. The third kappa shape index (κ3) is 4.94. The van der Waals surface area contributed by atoms with Gasteiger partial charge in [0.25, 0.3) is 0 Å². The van der Waals surface area contributed by atoms with Crippen molar-refractivity contribution in [2.75, 3.05) is 19.7 Å². The van der Waals surface area contributed by atoms with Gasteiger partial charge in [-0.2, -0.15) is 0 Å². The lowest BCUT2D eigenvalue weighted by atomic mass is 9.72. The Kier molecular flexibility index (Phi) is 5.84. The summed E-state index contributed by atoms with van der Waals surface area (Å²) in [5, 5.41) is 0. The van der Waals surface area contributed by atoms with Gasteiger partial charge in [-0.15, -0.1) is 0 Å². The Hall–Kier alpha value is -1.78. The second-order valence-corrected chi connectivity index (χ2v) is 8.05. The minimum atomic E-state index is -0.550. The van der Waals surface area contributed by atoms with Crippen LogP contribution < -0.4 is 0 Å². The Morgan fingerprint density at radius 3 is 2.22 bits per heavy atom. The van der Waals surface area contributed by atoms with E-state index in [2.05, 4.69) is 29.2 Å². The SMILES string of the molecule is Fc1cc(F)cc(COCC2CC(c3ccc(CN4CCCC4)cc3)C2)c1. The molecule has 2 fully saturated rings. The maximum Gasteiger partial charge on any atom is 0.126 e. The van der Waals surface area contributed by atoms with Gasteiger partial charge in [0, 0.05) is 19.2 Å². The molecule has 2 aromatic carbocycles. The molecule has 2 aliphatic rings. The Morgan fingerprint density at radius 1 is 0.889 bits per heavy atom. The number of likely N-dealkylation sites (tertiary alicyclic amines) is 1. The standard InChI is InChI=1S/C23H27F2NO/c24-22-11-19(12-23(25)13-22)16-27-15-18-9-21(10-18)20-5-3-17(4-6-20)14-26-7-1-2-8-26/h3-6,11-13,18,21H,1-2,7-10,14-16H2. The molecule has 0 unspecified atom stereocenters. The van der Waals surface area contributed by atoms with Crippen LogP contribution in [0.3, 0.4) is 0 Å². The van der Waals surface area contributed by atoms with E-state index in [4.69, 9.17) is 4.74 Å². The van der Waals surface area contributed by atoms with Crippen molar-refractivity contribution in [1.82, 2.24) is 4.90 Å². The Bertz CT molecular complexity index is 729. The first-order valence-corrected chi connectivity index (χ1v) is 9.99. The van der Waals surface area contributed by atoms with Crippen LogP contribution in [0.15, 0.2) is 42.5 Å². The van der Waals surface area contributed by atoms with Crippen molar-refractivity contribution < 1.29 is 13.5 Å². The summed E-state index contributed by atoms with van der Waals surface area (Å²) in [5.41, 5.74) is 3.38. The third-order valence-corrected chi connectivity index (χ3v) is 5.84. The molecule has 1 saturated heterocycles. The Morgan fingerprint density at radius 2 is 1.56 bits per heavy atom. The van der Waals surface area contributed by atoms with Crippen molar-refractivity contribution in [2.24, 2.45) is 5.92 Å². The van der Waals surface area contributed by atoms with Gasteiger partial charge in [0.2, 0.25) is 0 Å². The molecule has 0 radical (unpaired) electrons. The summed E-state index contributed by atoms with van der Waals surface area (Å²) < 4.78 is 32.0. The van der Waals surface area contributed by atoms with E-state index in [0.29, 0.717) is 24.0 Å². The molecule has 1 aliphatic carbocycles. The molecule has 0 aromatic heterocycles. The second kappa shape index (κ2) is 8.49. The van der Waals surface area contributed by atoms with Gasteiger partial charge >= 0.3 is 0 Å². The lowest BCUT2D eigenvalue weighted by Crippen LogP contribution is -2.26. The largest absolute Gasteiger partial charge is 0.376 e. The average Bonchev–Trinajstić information content (AvgIpc) is 3.10. The van der Waals surface area contributed by atoms with Crippen LogP contribution in [0.1, 0.15) is 48.3 Å². The Labute approximate surface area is 160 Å². The van der Waals surface area contributed by atoms with Gasteiger partial charge in [0.15, 0.2) is 0 Å². The minimum absolute atomic E-state index is 0.265. The molecule has 0 spiro atoms. The van der Waals surface area contributed by atoms with Crippen molar-refractivity contribution in [3.05, 3.63) is 70.8 Å². The van der Waals surface area contributed by atoms with E-state index in [-0.39, 0.29) is 6.61 Å². The zero-order valence-electron chi connectivity index (χ0n) is 15.7. The summed E-state index contributed by atoms with van der Waals surface area (Å²) in [6, 6.07) is 12.7. The molecular formula is C23H27F2NO. The summed E-state index contributed by atoms with van der Waals surface area (Å²) in [7, 11) is 0. The number of nitrogens with zero attached hydrogens (tertiary/aromatic N) is 1. The molecule has 144 valence electrons. The van der Waals surface area contributed by atoms with E-state index in [1.165, 1.54) is 49.2 Å². The predicted octanol–water partition coefficient (Wildman–Crippen LogP) is 5.27. The maximum absolute atomic E-state index is 13.2. The van der Waals surface area contributed by atoms with E-state index >= 15 is 0 Å². The summed E-state index contributed by atoms with van der Waals surface area (Å²) in [5.74, 6) is 0.0553. The molecule has 1 aliphatic heterocycles. The fourth-order valence-electron chi connectivity index (χ4n) is 4.28. The third-order valence-electron chi connectivity index (χ3n) is 5.84. The van der Waals surface area contributed by atoms with Crippen LogP contribution in [0.25, 0.3) is 0 Å². The van der Waals surface area contributed by atoms with Crippen LogP contribution >= 0.6 is 0 Å². The molecular weight excluding hydrogens is 344 g/mol. The lowest BCUT2D eigenvalue weighted by Gasteiger charge is -2.35. The first kappa shape index (κ1) is 18.6. The van der Waals surface area contributed by atoms with E-state index < -0.39 is 11.6 Å². The van der Waals surface area contributed by atoms with Gasteiger partial charge in [-0.05, 0) is 79.4 Å².